The van der Waals surface area contributed by atoms with Gasteiger partial charge in [-0.1, -0.05) is 6.07 Å². The number of nitrogens with one attached hydrogen (secondary N) is 1. The largest absolute Gasteiger partial charge is 0.543 e. The first-order valence-electron chi connectivity index (χ1n) is 6.69. The monoisotopic (exact) mass is 287 g/mol. The highest BCUT2D eigenvalue weighted by atomic mass is 28.4. The summed E-state index contributed by atoms with van der Waals surface area (Å²) in [6.07, 6.45) is 3.50. The van der Waals surface area contributed by atoms with Crippen LogP contribution in [0.3, 0.4) is 0 Å². The van der Waals surface area contributed by atoms with Crippen LogP contribution < -0.4 is 4.43 Å². The van der Waals surface area contributed by atoms with Crippen molar-refractivity contribution < 1.29 is 4.43 Å². The summed E-state index contributed by atoms with van der Waals surface area (Å²) in [4.78, 5) is 11.8. The SMILES string of the molecule is C/C(=N\c1ccc(C)cc1O[Si](C)(C)C)c1c[nH]cn1. The predicted molar refractivity (Wildman–Crippen MR) is 85.6 cm³/mol. The Balaban J connectivity index is 2.39. The van der Waals surface area contributed by atoms with Crippen LogP contribution in [0.4, 0.5) is 5.69 Å². The van der Waals surface area contributed by atoms with E-state index in [1.807, 2.05) is 25.3 Å². The van der Waals surface area contributed by atoms with Crippen LogP contribution >= 0.6 is 0 Å². The lowest BCUT2D eigenvalue weighted by Gasteiger charge is -2.21. The lowest BCUT2D eigenvalue weighted by atomic mass is 10.2. The number of aromatic amines is 1. The number of aliphatic imine (C=N–C) groups is 1. The maximum absolute atomic E-state index is 6.14. The van der Waals surface area contributed by atoms with Crippen molar-refractivity contribution in [1.29, 1.82) is 0 Å². The highest BCUT2D eigenvalue weighted by molar-refractivity contribution is 6.70. The molecule has 0 radical (unpaired) electrons. The molecule has 0 atom stereocenters. The van der Waals surface area contributed by atoms with Crippen LogP contribution in [0.1, 0.15) is 18.2 Å². The molecular weight excluding hydrogens is 266 g/mol. The van der Waals surface area contributed by atoms with E-state index in [1.165, 1.54) is 5.56 Å². The summed E-state index contributed by atoms with van der Waals surface area (Å²) in [5, 5.41) is 0. The average Bonchev–Trinajstić information content (AvgIpc) is 2.84. The maximum atomic E-state index is 6.14. The van der Waals surface area contributed by atoms with E-state index >= 15 is 0 Å². The molecule has 0 bridgehead atoms. The number of hydrogen-bond acceptors (Lipinski definition) is 3. The van der Waals surface area contributed by atoms with Crippen molar-refractivity contribution in [2.75, 3.05) is 0 Å². The van der Waals surface area contributed by atoms with Gasteiger partial charge in [-0.05, 0) is 51.2 Å². The van der Waals surface area contributed by atoms with E-state index < -0.39 is 8.32 Å². The number of H-pyrrole nitrogens is 1. The van der Waals surface area contributed by atoms with E-state index in [2.05, 4.69) is 47.6 Å². The Morgan fingerprint density at radius 3 is 2.65 bits per heavy atom. The molecule has 0 unspecified atom stereocenters. The second-order valence-electron chi connectivity index (χ2n) is 5.84. The molecule has 0 saturated carbocycles. The standard InChI is InChI=1S/C15H21N3OSi/c1-11-6-7-13(15(8-11)19-20(3,4)5)18-12(2)14-9-16-10-17-14/h6-10H,1-5H3,(H,16,17)/b18-12+. The molecule has 1 heterocycles. The number of benzene rings is 1. The second-order valence-corrected chi connectivity index (χ2v) is 10.3. The number of nitrogens with zero attached hydrogens (tertiary/aromatic N) is 2. The molecule has 1 N–H and O–H groups in total. The number of aromatic nitrogens is 2. The number of hydrogen-bond donors (Lipinski definition) is 1. The quantitative estimate of drug-likeness (QED) is 0.680. The van der Waals surface area contributed by atoms with Gasteiger partial charge in [-0.3, -0.25) is 0 Å². The first kappa shape index (κ1) is 14.5. The molecule has 20 heavy (non-hydrogen) atoms. The molecule has 1 aromatic heterocycles. The fourth-order valence-electron chi connectivity index (χ4n) is 1.82. The molecule has 0 aliphatic heterocycles. The van der Waals surface area contributed by atoms with Gasteiger partial charge < -0.3 is 9.41 Å². The Hall–Kier alpha value is -1.88. The van der Waals surface area contributed by atoms with Gasteiger partial charge in [-0.15, -0.1) is 0 Å². The van der Waals surface area contributed by atoms with Gasteiger partial charge in [0.2, 0.25) is 8.32 Å². The van der Waals surface area contributed by atoms with Gasteiger partial charge in [-0.25, -0.2) is 9.98 Å². The summed E-state index contributed by atoms with van der Waals surface area (Å²) in [5.74, 6) is 0.860. The second kappa shape index (κ2) is 5.62. The van der Waals surface area contributed by atoms with E-state index in [-0.39, 0.29) is 0 Å². The molecule has 0 saturated heterocycles. The van der Waals surface area contributed by atoms with Crippen LogP contribution in [0, 0.1) is 6.92 Å². The summed E-state index contributed by atoms with van der Waals surface area (Å²) >= 11 is 0. The third-order valence-corrected chi connectivity index (χ3v) is 3.52. The minimum atomic E-state index is -1.66. The third kappa shape index (κ3) is 3.80. The zero-order valence-electron chi connectivity index (χ0n) is 12.7. The van der Waals surface area contributed by atoms with Gasteiger partial charge in [0.25, 0.3) is 0 Å². The molecule has 2 aromatic rings. The minimum absolute atomic E-state index is 0.851. The molecule has 2 rings (SSSR count). The lowest BCUT2D eigenvalue weighted by molar-refractivity contribution is 0.558. The van der Waals surface area contributed by atoms with E-state index in [4.69, 9.17) is 4.43 Å². The molecule has 4 nitrogen and oxygen atoms in total. The summed E-state index contributed by atoms with van der Waals surface area (Å²) in [7, 11) is -1.66. The molecular formula is C15H21N3OSi. The maximum Gasteiger partial charge on any atom is 0.242 e. The summed E-state index contributed by atoms with van der Waals surface area (Å²) in [5.41, 5.74) is 3.76. The van der Waals surface area contributed by atoms with Gasteiger partial charge in [0, 0.05) is 6.20 Å². The zero-order chi connectivity index (χ0) is 14.8. The number of imidazole rings is 1. The third-order valence-electron chi connectivity index (χ3n) is 2.69. The Bertz CT molecular complexity index is 613. The minimum Gasteiger partial charge on any atom is -0.543 e. The molecule has 0 amide bonds. The number of aryl methyl sites for hydroxylation is 1. The number of rotatable bonds is 4. The Kier molecular flexibility index (Phi) is 4.08. The van der Waals surface area contributed by atoms with Crippen LogP contribution in [0.5, 0.6) is 5.75 Å². The van der Waals surface area contributed by atoms with Gasteiger partial charge in [0.1, 0.15) is 17.1 Å². The van der Waals surface area contributed by atoms with Crippen molar-refractivity contribution in [2.24, 2.45) is 4.99 Å². The van der Waals surface area contributed by atoms with E-state index in [0.717, 1.165) is 22.8 Å². The van der Waals surface area contributed by atoms with Crippen LogP contribution in [-0.4, -0.2) is 24.0 Å². The van der Waals surface area contributed by atoms with E-state index in [1.54, 1.807) is 6.33 Å². The van der Waals surface area contributed by atoms with E-state index in [0.29, 0.717) is 0 Å². The summed E-state index contributed by atoms with van der Waals surface area (Å²) in [6, 6.07) is 6.10. The van der Waals surface area contributed by atoms with Gasteiger partial charge >= 0.3 is 0 Å². The Labute approximate surface area is 121 Å². The van der Waals surface area contributed by atoms with Crippen LogP contribution in [0.25, 0.3) is 0 Å². The summed E-state index contributed by atoms with van der Waals surface area (Å²) in [6.45, 7) is 10.5. The van der Waals surface area contributed by atoms with Crippen molar-refractivity contribution in [3.8, 4) is 5.75 Å². The lowest BCUT2D eigenvalue weighted by Crippen LogP contribution is -2.29. The van der Waals surface area contributed by atoms with Crippen molar-refractivity contribution in [1.82, 2.24) is 9.97 Å². The van der Waals surface area contributed by atoms with Gasteiger partial charge in [0.05, 0.1) is 12.0 Å². The van der Waals surface area contributed by atoms with Crippen LogP contribution in [0.2, 0.25) is 19.6 Å². The molecule has 1 aromatic carbocycles. The van der Waals surface area contributed by atoms with Crippen molar-refractivity contribution in [2.45, 2.75) is 33.5 Å². The van der Waals surface area contributed by atoms with E-state index in [9.17, 15) is 0 Å². The van der Waals surface area contributed by atoms with Crippen molar-refractivity contribution in [3.63, 3.8) is 0 Å². The molecule has 5 heteroatoms. The highest BCUT2D eigenvalue weighted by Gasteiger charge is 2.18. The van der Waals surface area contributed by atoms with Crippen LogP contribution in [0.15, 0.2) is 35.7 Å². The molecule has 0 aliphatic carbocycles. The molecule has 0 spiro atoms. The fourth-order valence-corrected chi connectivity index (χ4v) is 2.64. The first-order valence-corrected chi connectivity index (χ1v) is 10.1. The highest BCUT2D eigenvalue weighted by Crippen LogP contribution is 2.31. The van der Waals surface area contributed by atoms with Crippen LogP contribution in [-0.2, 0) is 0 Å². The zero-order valence-corrected chi connectivity index (χ0v) is 13.7. The first-order chi connectivity index (χ1) is 9.35. The Morgan fingerprint density at radius 2 is 2.05 bits per heavy atom. The summed E-state index contributed by atoms with van der Waals surface area (Å²) < 4.78 is 6.14. The fraction of sp³-hybridized carbons (Fsp3) is 0.333. The van der Waals surface area contributed by atoms with Crippen molar-refractivity contribution in [3.05, 3.63) is 42.0 Å². The average molecular weight is 287 g/mol. The Morgan fingerprint density at radius 1 is 1.30 bits per heavy atom. The molecule has 0 aliphatic rings. The molecule has 106 valence electrons. The molecule has 0 fully saturated rings. The van der Waals surface area contributed by atoms with Crippen molar-refractivity contribution >= 4 is 19.7 Å². The van der Waals surface area contributed by atoms with Gasteiger partial charge in [0.15, 0.2) is 0 Å². The van der Waals surface area contributed by atoms with Gasteiger partial charge in [-0.2, -0.15) is 0 Å². The smallest absolute Gasteiger partial charge is 0.242 e. The normalized spacial score (nSPS) is 12.6. The topological polar surface area (TPSA) is 50.3 Å². The predicted octanol–water partition coefficient (Wildman–Crippen LogP) is 4.07.